The molecule has 0 saturated heterocycles. The van der Waals surface area contributed by atoms with Gasteiger partial charge in [-0.15, -0.1) is 0 Å². The van der Waals surface area contributed by atoms with Gasteiger partial charge >= 0.3 is 0 Å². The van der Waals surface area contributed by atoms with Gasteiger partial charge in [-0.25, -0.2) is 0 Å². The average Bonchev–Trinajstić information content (AvgIpc) is 1.65. The molecule has 7 aliphatic rings. The minimum absolute atomic E-state index is 0.000806. The van der Waals surface area contributed by atoms with E-state index >= 15 is 0 Å². The number of aryl methyl sites for hydroxylation is 1. The average molecular weight is 1120 g/mol. The maximum absolute atomic E-state index is 2.90. The van der Waals surface area contributed by atoms with Crippen LogP contribution in [0.5, 0.6) is 0 Å². The van der Waals surface area contributed by atoms with Crippen molar-refractivity contribution in [3.8, 4) is 11.1 Å². The highest BCUT2D eigenvalue weighted by Gasteiger charge is 2.59. The third-order valence-electron chi connectivity index (χ3n) is 23.8. The summed E-state index contributed by atoms with van der Waals surface area (Å²) in [4.78, 5) is 8.55. The second-order valence-electron chi connectivity index (χ2n) is 34.7. The first-order chi connectivity index (χ1) is 39.5. The summed E-state index contributed by atoms with van der Waals surface area (Å²) >= 11 is 0. The van der Waals surface area contributed by atoms with Crippen LogP contribution in [-0.2, 0) is 48.7 Å². The van der Waals surface area contributed by atoms with Crippen molar-refractivity contribution in [2.45, 2.75) is 251 Å². The smallest absolute Gasteiger partial charge is 0.252 e. The summed E-state index contributed by atoms with van der Waals surface area (Å²) in [5.41, 5.74) is 31.9. The SMILES string of the molecule is Cc1cc2c(cc1N1c3cc4c(cc3B3c5cc6c(cc5N(c5ccc(C(C)(C)C)cc5-c5ccccc5)c5cc(N7c8ccc(C(C)(C)C)cc8C8(C)CCCCC78C)cc1c53)C(C)(C)CC6(C)C)C(C)(C)CCC4(C)C)C(C)(C)CC2(C)C. The Morgan fingerprint density at radius 3 is 1.38 bits per heavy atom. The highest BCUT2D eigenvalue weighted by molar-refractivity contribution is 7.00. The van der Waals surface area contributed by atoms with E-state index in [1.807, 2.05) is 0 Å². The van der Waals surface area contributed by atoms with E-state index in [-0.39, 0.29) is 61.0 Å². The van der Waals surface area contributed by atoms with Crippen LogP contribution in [0.4, 0.5) is 45.5 Å². The van der Waals surface area contributed by atoms with Crippen LogP contribution in [0.15, 0.2) is 115 Å². The Morgan fingerprint density at radius 1 is 0.388 bits per heavy atom. The first kappa shape index (κ1) is 56.8. The number of hydrogen-bond donors (Lipinski definition) is 0. The minimum Gasteiger partial charge on any atom is -0.334 e. The third kappa shape index (κ3) is 8.02. The molecule has 0 radical (unpaired) electrons. The van der Waals surface area contributed by atoms with Crippen LogP contribution >= 0.6 is 0 Å². The van der Waals surface area contributed by atoms with Crippen molar-refractivity contribution in [2.24, 2.45) is 0 Å². The van der Waals surface area contributed by atoms with Crippen LogP contribution in [0.2, 0.25) is 0 Å². The van der Waals surface area contributed by atoms with Gasteiger partial charge in [0.25, 0.3) is 6.71 Å². The van der Waals surface area contributed by atoms with Gasteiger partial charge < -0.3 is 14.7 Å². The van der Waals surface area contributed by atoms with Gasteiger partial charge in [-0.3, -0.25) is 0 Å². The molecule has 0 spiro atoms. The van der Waals surface area contributed by atoms with Crippen molar-refractivity contribution in [3.05, 3.63) is 171 Å². The van der Waals surface area contributed by atoms with Gasteiger partial charge in [-0.05, 0) is 222 Å². The zero-order chi connectivity index (χ0) is 60.7. The molecule has 4 aliphatic carbocycles. The van der Waals surface area contributed by atoms with E-state index in [1.54, 1.807) is 0 Å². The summed E-state index contributed by atoms with van der Waals surface area (Å²) < 4.78 is 0. The van der Waals surface area contributed by atoms with Crippen molar-refractivity contribution in [2.75, 3.05) is 14.7 Å². The van der Waals surface area contributed by atoms with Gasteiger partial charge in [-0.1, -0.05) is 211 Å². The van der Waals surface area contributed by atoms with E-state index in [2.05, 4.69) is 275 Å². The normalized spacial score (nSPS) is 23.8. The molecular formula is C81H98BN3. The zero-order valence-corrected chi connectivity index (χ0v) is 56.0. The molecule has 2 atom stereocenters. The molecule has 7 aromatic rings. The highest BCUT2D eigenvalue weighted by Crippen LogP contribution is 2.64. The van der Waals surface area contributed by atoms with Crippen LogP contribution < -0.4 is 31.1 Å². The predicted octanol–water partition coefficient (Wildman–Crippen LogP) is 20.3. The van der Waals surface area contributed by atoms with Gasteiger partial charge in [0.05, 0.1) is 11.2 Å². The lowest BCUT2D eigenvalue weighted by molar-refractivity contribution is 0.195. The molecule has 0 amide bonds. The number of nitrogens with zero attached hydrogens (tertiary/aromatic N) is 3. The van der Waals surface area contributed by atoms with Crippen LogP contribution in [-0.4, -0.2) is 12.3 Å². The summed E-state index contributed by atoms with van der Waals surface area (Å²) in [5.74, 6) is 0. The molecule has 0 aromatic heterocycles. The van der Waals surface area contributed by atoms with Crippen molar-refractivity contribution in [1.82, 2.24) is 0 Å². The standard InChI is InChI=1S/C81H98BN3/c1-49-37-55-59(78(16,17)47-76(55,12)13)44-66(49)84-68-45-58-56(74(8,9)35-36-75(58,10)11)42-62(68)82-63-43-57-60(79(18,19)48-77(57,14)15)46-67(63)83(64-31-29-51(72(2,3)4)38-54(64)50-27-23-22-24-28-50)69-40-53(41-70(84)71(69)82)85-65-32-30-52(73(5,6)7)39-61(65)80(20)33-25-26-34-81(80,85)21/h22-24,27-32,37-46H,25-26,33-36,47-48H2,1-21H3. The summed E-state index contributed by atoms with van der Waals surface area (Å²) in [6, 6.07) is 48.2. The van der Waals surface area contributed by atoms with Crippen molar-refractivity contribution in [1.29, 1.82) is 0 Å². The molecule has 0 bridgehead atoms. The molecular weight excluding hydrogens is 1030 g/mol. The first-order valence-corrected chi connectivity index (χ1v) is 33.0. The van der Waals surface area contributed by atoms with Crippen LogP contribution in [0.1, 0.15) is 245 Å². The summed E-state index contributed by atoms with van der Waals surface area (Å²) in [5, 5.41) is 0. The number of fused-ring (bicyclic) bond motifs is 10. The fourth-order valence-corrected chi connectivity index (χ4v) is 19.2. The zero-order valence-electron chi connectivity index (χ0n) is 56.0. The number of hydrogen-bond acceptors (Lipinski definition) is 3. The molecule has 85 heavy (non-hydrogen) atoms. The Labute approximate surface area is 513 Å². The number of anilines is 8. The molecule has 0 N–H and O–H groups in total. The molecule has 4 heteroatoms. The van der Waals surface area contributed by atoms with Gasteiger partial charge in [0.15, 0.2) is 0 Å². The molecule has 3 nitrogen and oxygen atoms in total. The van der Waals surface area contributed by atoms with Crippen LogP contribution in [0.3, 0.4) is 0 Å². The van der Waals surface area contributed by atoms with E-state index in [1.165, 1.54) is 154 Å². The molecule has 1 saturated carbocycles. The van der Waals surface area contributed by atoms with Gasteiger partial charge in [-0.2, -0.15) is 0 Å². The second-order valence-corrected chi connectivity index (χ2v) is 34.7. The summed E-state index contributed by atoms with van der Waals surface area (Å²) in [7, 11) is 0. The summed E-state index contributed by atoms with van der Waals surface area (Å²) in [6.45, 7) is 52.2. The molecule has 3 aliphatic heterocycles. The van der Waals surface area contributed by atoms with Crippen molar-refractivity contribution < 1.29 is 0 Å². The maximum atomic E-state index is 2.90. The van der Waals surface area contributed by atoms with E-state index < -0.39 is 0 Å². The minimum atomic E-state index is -0.174. The molecule has 440 valence electrons. The molecule has 14 rings (SSSR count). The molecule has 3 heterocycles. The Bertz CT molecular complexity index is 4000. The second kappa shape index (κ2) is 17.6. The lowest BCUT2D eigenvalue weighted by Gasteiger charge is -2.51. The largest absolute Gasteiger partial charge is 0.334 e. The number of rotatable bonds is 4. The van der Waals surface area contributed by atoms with E-state index in [4.69, 9.17) is 0 Å². The topological polar surface area (TPSA) is 9.72 Å². The fraction of sp³-hybridized carbons (Fsp3) is 0.481. The lowest BCUT2D eigenvalue weighted by Crippen LogP contribution is -2.62. The van der Waals surface area contributed by atoms with E-state index in [0.29, 0.717) is 0 Å². The van der Waals surface area contributed by atoms with E-state index in [9.17, 15) is 0 Å². The van der Waals surface area contributed by atoms with Crippen molar-refractivity contribution in [3.63, 3.8) is 0 Å². The number of benzene rings is 7. The maximum Gasteiger partial charge on any atom is 0.252 e. The van der Waals surface area contributed by atoms with Crippen LogP contribution in [0, 0.1) is 6.92 Å². The Morgan fingerprint density at radius 2 is 0.835 bits per heavy atom. The lowest BCUT2D eigenvalue weighted by atomic mass is 9.33. The Kier molecular flexibility index (Phi) is 11.8. The third-order valence-corrected chi connectivity index (χ3v) is 23.8. The fourth-order valence-electron chi connectivity index (χ4n) is 19.2. The highest BCUT2D eigenvalue weighted by atomic mass is 15.3. The Hall–Kier alpha value is -6.00. The predicted molar refractivity (Wildman–Crippen MR) is 367 cm³/mol. The van der Waals surface area contributed by atoms with Gasteiger partial charge in [0.2, 0.25) is 0 Å². The molecule has 7 aromatic carbocycles. The molecule has 1 fully saturated rings. The quantitative estimate of drug-likeness (QED) is 0.163. The van der Waals surface area contributed by atoms with Gasteiger partial charge in [0.1, 0.15) is 0 Å². The van der Waals surface area contributed by atoms with Crippen molar-refractivity contribution >= 4 is 68.6 Å². The molecule has 2 unspecified atom stereocenters. The first-order valence-electron chi connectivity index (χ1n) is 33.0. The van der Waals surface area contributed by atoms with Gasteiger partial charge in [0, 0.05) is 50.8 Å². The van der Waals surface area contributed by atoms with Crippen LogP contribution in [0.25, 0.3) is 11.1 Å². The summed E-state index contributed by atoms with van der Waals surface area (Å²) in [6.07, 6.45) is 9.34. The van der Waals surface area contributed by atoms with E-state index in [0.717, 1.165) is 25.7 Å². The Balaban J connectivity index is 1.18. The monoisotopic (exact) mass is 1120 g/mol.